The van der Waals surface area contributed by atoms with E-state index in [1.807, 2.05) is 42.7 Å². The van der Waals surface area contributed by atoms with Gasteiger partial charge in [0, 0.05) is 11.4 Å². The Hall–Kier alpha value is -2.65. The summed E-state index contributed by atoms with van der Waals surface area (Å²) >= 11 is 3.06. The van der Waals surface area contributed by atoms with Gasteiger partial charge in [-0.15, -0.1) is 21.5 Å². The molecule has 0 unspecified atom stereocenters. The van der Waals surface area contributed by atoms with E-state index in [9.17, 15) is 4.79 Å². The molecule has 0 aliphatic rings. The molecule has 29 heavy (non-hydrogen) atoms. The summed E-state index contributed by atoms with van der Waals surface area (Å²) in [6, 6.07) is 7.76. The number of thioether (sulfide) groups is 1. The number of nitrogens with zero attached hydrogens (tertiary/aromatic N) is 4. The van der Waals surface area contributed by atoms with E-state index in [0.29, 0.717) is 17.0 Å². The number of para-hydroxylation sites is 1. The molecule has 3 aromatic heterocycles. The first kappa shape index (κ1) is 19.7. The summed E-state index contributed by atoms with van der Waals surface area (Å²) in [6.45, 7) is 6.74. The SMILES string of the molecule is CCn1c(SCc2nc3sc(C)c(C)c3c(=O)[nH]2)nnc1-c1ccccc1OC. The lowest BCUT2D eigenvalue weighted by molar-refractivity contribution is 0.416. The van der Waals surface area contributed by atoms with Gasteiger partial charge >= 0.3 is 0 Å². The van der Waals surface area contributed by atoms with Crippen LogP contribution in [0.5, 0.6) is 5.75 Å². The molecule has 1 N–H and O–H groups in total. The van der Waals surface area contributed by atoms with Gasteiger partial charge in [0.05, 0.1) is 23.8 Å². The Morgan fingerprint density at radius 2 is 2.03 bits per heavy atom. The fourth-order valence-electron chi connectivity index (χ4n) is 3.21. The highest BCUT2D eigenvalue weighted by Crippen LogP contribution is 2.32. The number of fused-ring (bicyclic) bond motifs is 1. The number of ether oxygens (including phenoxy) is 1. The number of thiophene rings is 1. The van der Waals surface area contributed by atoms with Gasteiger partial charge in [0.15, 0.2) is 11.0 Å². The van der Waals surface area contributed by atoms with Crippen LogP contribution in [0.1, 0.15) is 23.2 Å². The zero-order valence-corrected chi connectivity index (χ0v) is 18.3. The maximum Gasteiger partial charge on any atom is 0.259 e. The van der Waals surface area contributed by atoms with E-state index in [2.05, 4.69) is 27.1 Å². The minimum Gasteiger partial charge on any atom is -0.496 e. The van der Waals surface area contributed by atoms with E-state index < -0.39 is 0 Å². The van der Waals surface area contributed by atoms with Crippen LogP contribution in [-0.2, 0) is 12.3 Å². The second kappa shape index (κ2) is 8.00. The number of aromatic amines is 1. The van der Waals surface area contributed by atoms with E-state index in [4.69, 9.17) is 4.74 Å². The van der Waals surface area contributed by atoms with Gasteiger partial charge in [-0.2, -0.15) is 0 Å². The summed E-state index contributed by atoms with van der Waals surface area (Å²) in [5.74, 6) is 2.66. The zero-order chi connectivity index (χ0) is 20.5. The summed E-state index contributed by atoms with van der Waals surface area (Å²) in [4.78, 5) is 21.9. The van der Waals surface area contributed by atoms with Crippen LogP contribution in [-0.4, -0.2) is 31.8 Å². The Kier molecular flexibility index (Phi) is 5.42. The third kappa shape index (κ3) is 3.56. The summed E-state index contributed by atoms with van der Waals surface area (Å²) in [5.41, 5.74) is 1.82. The first-order valence-corrected chi connectivity index (χ1v) is 11.0. The monoisotopic (exact) mass is 427 g/mol. The van der Waals surface area contributed by atoms with Gasteiger partial charge in [-0.3, -0.25) is 4.79 Å². The van der Waals surface area contributed by atoms with Crippen LogP contribution in [0.15, 0.2) is 34.2 Å². The highest BCUT2D eigenvalue weighted by atomic mass is 32.2. The first-order valence-electron chi connectivity index (χ1n) is 9.21. The summed E-state index contributed by atoms with van der Waals surface area (Å²) < 4.78 is 7.51. The van der Waals surface area contributed by atoms with E-state index in [1.165, 1.54) is 11.8 Å². The smallest absolute Gasteiger partial charge is 0.259 e. The van der Waals surface area contributed by atoms with Crippen molar-refractivity contribution in [2.75, 3.05) is 7.11 Å². The van der Waals surface area contributed by atoms with Crippen LogP contribution in [0, 0.1) is 13.8 Å². The topological polar surface area (TPSA) is 85.7 Å². The summed E-state index contributed by atoms with van der Waals surface area (Å²) in [7, 11) is 1.65. The van der Waals surface area contributed by atoms with Crippen molar-refractivity contribution in [2.45, 2.75) is 38.2 Å². The second-order valence-electron chi connectivity index (χ2n) is 6.52. The fraction of sp³-hybridized carbons (Fsp3) is 0.300. The van der Waals surface area contributed by atoms with E-state index in [-0.39, 0.29) is 5.56 Å². The maximum absolute atomic E-state index is 12.5. The molecule has 0 spiro atoms. The molecule has 4 aromatic rings. The van der Waals surface area contributed by atoms with E-state index >= 15 is 0 Å². The molecule has 9 heteroatoms. The molecule has 1 aromatic carbocycles. The number of benzene rings is 1. The molecule has 0 aliphatic carbocycles. The average molecular weight is 428 g/mol. The van der Waals surface area contributed by atoms with E-state index in [1.54, 1.807) is 18.4 Å². The van der Waals surface area contributed by atoms with Gasteiger partial charge in [-0.05, 0) is 38.5 Å². The number of aryl methyl sites for hydroxylation is 2. The van der Waals surface area contributed by atoms with Crippen molar-refractivity contribution in [3.63, 3.8) is 0 Å². The lowest BCUT2D eigenvalue weighted by atomic mass is 10.2. The lowest BCUT2D eigenvalue weighted by Crippen LogP contribution is -2.11. The number of methoxy groups -OCH3 is 1. The largest absolute Gasteiger partial charge is 0.496 e. The highest BCUT2D eigenvalue weighted by molar-refractivity contribution is 7.98. The minimum atomic E-state index is -0.0841. The number of aromatic nitrogens is 5. The van der Waals surface area contributed by atoms with Gasteiger partial charge in [0.25, 0.3) is 5.56 Å². The molecule has 7 nitrogen and oxygen atoms in total. The standard InChI is InChI=1S/C20H21N5O2S2/c1-5-25-17(13-8-6-7-9-14(13)27-4)23-24-20(25)28-10-15-21-18(26)16-11(2)12(3)29-19(16)22-15/h6-9H,5,10H2,1-4H3,(H,21,22,26). The molecule has 0 atom stereocenters. The maximum atomic E-state index is 12.5. The van der Waals surface area contributed by atoms with Gasteiger partial charge in [-0.25, -0.2) is 4.98 Å². The molecule has 0 fully saturated rings. The predicted octanol–water partition coefficient (Wildman–Crippen LogP) is 4.18. The molecule has 0 radical (unpaired) electrons. The quantitative estimate of drug-likeness (QED) is 0.465. The summed E-state index contributed by atoms with van der Waals surface area (Å²) in [6.07, 6.45) is 0. The Bertz CT molecular complexity index is 1240. The third-order valence-electron chi connectivity index (χ3n) is 4.81. The van der Waals surface area contributed by atoms with Crippen molar-refractivity contribution in [1.82, 2.24) is 24.7 Å². The van der Waals surface area contributed by atoms with Gasteiger partial charge in [0.2, 0.25) is 0 Å². The van der Waals surface area contributed by atoms with Crippen LogP contribution in [0.4, 0.5) is 0 Å². The Balaban J connectivity index is 1.63. The van der Waals surface area contributed by atoms with Crippen molar-refractivity contribution < 1.29 is 4.74 Å². The first-order chi connectivity index (χ1) is 14.0. The van der Waals surface area contributed by atoms with Crippen molar-refractivity contribution in [1.29, 1.82) is 0 Å². The number of nitrogens with one attached hydrogen (secondary N) is 1. The molecular formula is C20H21N5O2S2. The normalized spacial score (nSPS) is 11.3. The molecule has 0 saturated heterocycles. The Morgan fingerprint density at radius 1 is 1.24 bits per heavy atom. The van der Waals surface area contributed by atoms with Crippen LogP contribution < -0.4 is 10.3 Å². The van der Waals surface area contributed by atoms with E-state index in [0.717, 1.165) is 44.1 Å². The molecular weight excluding hydrogens is 406 g/mol. The fourth-order valence-corrected chi connectivity index (χ4v) is 5.13. The van der Waals surface area contributed by atoms with Crippen molar-refractivity contribution in [2.24, 2.45) is 0 Å². The van der Waals surface area contributed by atoms with Crippen LogP contribution in [0.25, 0.3) is 21.6 Å². The van der Waals surface area contributed by atoms with Crippen LogP contribution in [0.2, 0.25) is 0 Å². The second-order valence-corrected chi connectivity index (χ2v) is 8.66. The average Bonchev–Trinajstić information content (AvgIpc) is 3.26. The van der Waals surface area contributed by atoms with Crippen molar-refractivity contribution in [3.8, 4) is 17.1 Å². The third-order valence-corrected chi connectivity index (χ3v) is 6.89. The van der Waals surface area contributed by atoms with Crippen LogP contribution >= 0.6 is 23.1 Å². The number of hydrogen-bond donors (Lipinski definition) is 1. The number of H-pyrrole nitrogens is 1. The van der Waals surface area contributed by atoms with Gasteiger partial charge < -0.3 is 14.3 Å². The molecule has 0 aliphatic heterocycles. The van der Waals surface area contributed by atoms with Gasteiger partial charge in [-0.1, -0.05) is 23.9 Å². The molecule has 0 amide bonds. The van der Waals surface area contributed by atoms with Crippen molar-refractivity contribution in [3.05, 3.63) is 50.9 Å². The Morgan fingerprint density at radius 3 is 2.79 bits per heavy atom. The number of rotatable bonds is 6. The molecule has 0 saturated carbocycles. The summed E-state index contributed by atoms with van der Waals surface area (Å²) in [5, 5.41) is 10.2. The zero-order valence-electron chi connectivity index (χ0n) is 16.6. The molecule has 3 heterocycles. The van der Waals surface area contributed by atoms with Gasteiger partial charge in [0.1, 0.15) is 16.4 Å². The highest BCUT2D eigenvalue weighted by Gasteiger charge is 2.17. The lowest BCUT2D eigenvalue weighted by Gasteiger charge is -2.10. The van der Waals surface area contributed by atoms with Crippen LogP contribution in [0.3, 0.4) is 0 Å². The minimum absolute atomic E-state index is 0.0841. The Labute approximate surface area is 176 Å². The molecule has 0 bridgehead atoms. The van der Waals surface area contributed by atoms with Crippen molar-refractivity contribution >= 4 is 33.3 Å². The number of hydrogen-bond acceptors (Lipinski definition) is 7. The molecule has 150 valence electrons. The predicted molar refractivity (Wildman–Crippen MR) is 117 cm³/mol. The molecule has 4 rings (SSSR count).